The van der Waals surface area contributed by atoms with Gasteiger partial charge in [-0.2, -0.15) is 0 Å². The van der Waals surface area contributed by atoms with E-state index in [1.807, 2.05) is 24.3 Å². The first-order chi connectivity index (χ1) is 15.6. The fourth-order valence-electron chi connectivity index (χ4n) is 4.02. The molecule has 0 atom stereocenters. The van der Waals surface area contributed by atoms with Gasteiger partial charge in [-0.15, -0.1) is 0 Å². The lowest BCUT2D eigenvalue weighted by atomic mass is 9.95. The summed E-state index contributed by atoms with van der Waals surface area (Å²) >= 11 is 1.27. The van der Waals surface area contributed by atoms with Crippen LogP contribution in [0.25, 0.3) is 10.9 Å². The van der Waals surface area contributed by atoms with E-state index in [0.717, 1.165) is 25.7 Å². The van der Waals surface area contributed by atoms with Crippen molar-refractivity contribution < 1.29 is 14.3 Å². The highest BCUT2D eigenvalue weighted by Gasteiger charge is 2.22. The van der Waals surface area contributed by atoms with Crippen LogP contribution >= 0.6 is 11.8 Å². The number of carbonyl (C=O) groups excluding carboxylic acids is 2. The summed E-state index contributed by atoms with van der Waals surface area (Å²) < 4.78 is 6.48. The predicted molar refractivity (Wildman–Crippen MR) is 125 cm³/mol. The lowest BCUT2D eigenvalue weighted by molar-refractivity contribution is -0.113. The Kier molecular flexibility index (Phi) is 6.90. The quantitative estimate of drug-likeness (QED) is 0.339. The molecule has 0 aliphatic heterocycles. The second-order valence-corrected chi connectivity index (χ2v) is 8.73. The summed E-state index contributed by atoms with van der Waals surface area (Å²) in [7, 11) is 1.32. The number of rotatable bonds is 6. The van der Waals surface area contributed by atoms with Gasteiger partial charge in [0.2, 0.25) is 5.91 Å². The number of aromatic nitrogens is 2. The molecule has 1 amide bonds. The second kappa shape index (κ2) is 9.99. The average molecular weight is 452 g/mol. The highest BCUT2D eigenvalue weighted by atomic mass is 32.2. The van der Waals surface area contributed by atoms with Crippen LogP contribution in [-0.2, 0) is 9.53 Å². The number of thioether (sulfide) groups is 1. The minimum Gasteiger partial charge on any atom is -0.465 e. The van der Waals surface area contributed by atoms with E-state index in [1.54, 1.807) is 28.8 Å². The van der Waals surface area contributed by atoms with Crippen LogP contribution in [0, 0.1) is 0 Å². The van der Waals surface area contributed by atoms with Crippen molar-refractivity contribution in [3.63, 3.8) is 0 Å². The lowest BCUT2D eigenvalue weighted by Gasteiger charge is -2.26. The van der Waals surface area contributed by atoms with Gasteiger partial charge in [0.05, 0.1) is 29.3 Å². The largest absolute Gasteiger partial charge is 0.465 e. The summed E-state index contributed by atoms with van der Waals surface area (Å²) in [5, 5.41) is 4.01. The number of hydrogen-bond donors (Lipinski definition) is 1. The molecule has 7 nitrogen and oxygen atoms in total. The van der Waals surface area contributed by atoms with E-state index in [2.05, 4.69) is 10.1 Å². The molecule has 0 radical (unpaired) electrons. The first-order valence-electron chi connectivity index (χ1n) is 10.7. The molecule has 32 heavy (non-hydrogen) atoms. The first-order valence-corrected chi connectivity index (χ1v) is 11.7. The van der Waals surface area contributed by atoms with Gasteiger partial charge < -0.3 is 10.1 Å². The molecule has 8 heteroatoms. The van der Waals surface area contributed by atoms with Crippen LogP contribution in [0.3, 0.4) is 0 Å². The van der Waals surface area contributed by atoms with E-state index in [0.29, 0.717) is 27.3 Å². The van der Waals surface area contributed by atoms with Crippen molar-refractivity contribution in [1.82, 2.24) is 9.55 Å². The molecule has 3 aromatic rings. The molecule has 0 saturated heterocycles. The van der Waals surface area contributed by atoms with E-state index in [1.165, 1.54) is 25.3 Å². The number of methoxy groups -OCH3 is 1. The summed E-state index contributed by atoms with van der Waals surface area (Å²) in [5.74, 6) is -0.518. The fourth-order valence-corrected chi connectivity index (χ4v) is 4.89. The third-order valence-corrected chi connectivity index (χ3v) is 6.59. The number of anilines is 1. The number of nitrogens with one attached hydrogen (secondary N) is 1. The number of hydrogen-bond acceptors (Lipinski definition) is 6. The molecule has 1 aliphatic carbocycles. The van der Waals surface area contributed by atoms with Crippen molar-refractivity contribution in [1.29, 1.82) is 0 Å². The van der Waals surface area contributed by atoms with Gasteiger partial charge in [-0.1, -0.05) is 43.2 Å². The van der Waals surface area contributed by atoms with Crippen LogP contribution in [0.15, 0.2) is 58.5 Å². The van der Waals surface area contributed by atoms with Crippen molar-refractivity contribution in [2.75, 3.05) is 18.2 Å². The van der Waals surface area contributed by atoms with Crippen LogP contribution in [-0.4, -0.2) is 34.3 Å². The highest BCUT2D eigenvalue weighted by Crippen LogP contribution is 2.31. The predicted octanol–water partition coefficient (Wildman–Crippen LogP) is 4.42. The molecule has 1 N–H and O–H groups in total. The summed E-state index contributed by atoms with van der Waals surface area (Å²) in [6, 6.07) is 14.0. The number of para-hydroxylation sites is 1. The van der Waals surface area contributed by atoms with Gasteiger partial charge in [-0.05, 0) is 49.2 Å². The van der Waals surface area contributed by atoms with E-state index in [-0.39, 0.29) is 23.3 Å². The summed E-state index contributed by atoms with van der Waals surface area (Å²) in [4.78, 5) is 42.1. The molecule has 2 aromatic carbocycles. The summed E-state index contributed by atoms with van der Waals surface area (Å²) in [5.41, 5.74) is 1.60. The van der Waals surface area contributed by atoms with Crippen LogP contribution < -0.4 is 10.9 Å². The maximum Gasteiger partial charge on any atom is 0.337 e. The van der Waals surface area contributed by atoms with Crippen LogP contribution in [0.1, 0.15) is 48.5 Å². The molecule has 166 valence electrons. The van der Waals surface area contributed by atoms with E-state index in [4.69, 9.17) is 4.98 Å². The van der Waals surface area contributed by atoms with E-state index < -0.39 is 5.97 Å². The van der Waals surface area contributed by atoms with Gasteiger partial charge in [0.25, 0.3) is 5.56 Å². The van der Waals surface area contributed by atoms with Crippen molar-refractivity contribution in [2.24, 2.45) is 0 Å². The second-order valence-electron chi connectivity index (χ2n) is 7.78. The zero-order chi connectivity index (χ0) is 22.5. The SMILES string of the molecule is COC(=O)c1ccc(NC(=O)CSc2nc3ccccc3c(=O)n2C2CCCCC2)cc1. The third-order valence-electron chi connectivity index (χ3n) is 5.64. The molecule has 0 spiro atoms. The summed E-state index contributed by atoms with van der Waals surface area (Å²) in [6.45, 7) is 0. The minimum absolute atomic E-state index is 0.0381. The van der Waals surface area contributed by atoms with Gasteiger partial charge in [0.1, 0.15) is 0 Å². The zero-order valence-corrected chi connectivity index (χ0v) is 18.7. The van der Waals surface area contributed by atoms with E-state index in [9.17, 15) is 14.4 Å². The number of esters is 1. The molecule has 1 saturated carbocycles. The van der Waals surface area contributed by atoms with Crippen molar-refractivity contribution in [3.8, 4) is 0 Å². The Morgan fingerprint density at radius 2 is 1.81 bits per heavy atom. The Balaban J connectivity index is 1.52. The Morgan fingerprint density at radius 3 is 2.53 bits per heavy atom. The third kappa shape index (κ3) is 4.85. The fraction of sp³-hybridized carbons (Fsp3) is 0.333. The molecule has 0 unspecified atom stereocenters. The maximum atomic E-state index is 13.3. The molecule has 4 rings (SSSR count). The molecular formula is C24H25N3O4S. The van der Waals surface area contributed by atoms with Crippen LogP contribution in [0.5, 0.6) is 0 Å². The molecule has 0 bridgehead atoms. The van der Waals surface area contributed by atoms with Gasteiger partial charge in [-0.3, -0.25) is 14.2 Å². The lowest BCUT2D eigenvalue weighted by Crippen LogP contribution is -2.29. The molecule has 1 aliphatic rings. The Bertz CT molecular complexity index is 1180. The Hall–Kier alpha value is -3.13. The number of nitrogens with zero attached hydrogens (tertiary/aromatic N) is 2. The van der Waals surface area contributed by atoms with Gasteiger partial charge in [0.15, 0.2) is 5.16 Å². The number of benzene rings is 2. The normalized spacial score (nSPS) is 14.3. The molecule has 1 aromatic heterocycles. The molecule has 1 heterocycles. The summed E-state index contributed by atoms with van der Waals surface area (Å²) in [6.07, 6.45) is 5.27. The van der Waals surface area contributed by atoms with Gasteiger partial charge in [0, 0.05) is 11.7 Å². The van der Waals surface area contributed by atoms with Gasteiger partial charge >= 0.3 is 5.97 Å². The Labute approximate surface area is 190 Å². The minimum atomic E-state index is -0.429. The van der Waals surface area contributed by atoms with Crippen LogP contribution in [0.2, 0.25) is 0 Å². The average Bonchev–Trinajstić information content (AvgIpc) is 2.83. The van der Waals surface area contributed by atoms with Crippen molar-refractivity contribution >= 4 is 40.2 Å². The monoisotopic (exact) mass is 451 g/mol. The number of ether oxygens (including phenoxy) is 1. The number of carbonyl (C=O) groups is 2. The zero-order valence-electron chi connectivity index (χ0n) is 17.9. The smallest absolute Gasteiger partial charge is 0.337 e. The van der Waals surface area contributed by atoms with E-state index >= 15 is 0 Å². The molecule has 1 fully saturated rings. The topological polar surface area (TPSA) is 90.3 Å². The van der Waals surface area contributed by atoms with Crippen molar-refractivity contribution in [2.45, 2.75) is 43.3 Å². The highest BCUT2D eigenvalue weighted by molar-refractivity contribution is 7.99. The van der Waals surface area contributed by atoms with Gasteiger partial charge in [-0.25, -0.2) is 9.78 Å². The Morgan fingerprint density at radius 1 is 1.09 bits per heavy atom. The standard InChI is InChI=1S/C24H25N3O4S/c1-31-23(30)16-11-13-17(14-12-16)25-21(28)15-32-24-26-20-10-6-5-9-19(20)22(29)27(24)18-7-3-2-4-8-18/h5-6,9-14,18H,2-4,7-8,15H2,1H3,(H,25,28). The number of amides is 1. The molecular weight excluding hydrogens is 426 g/mol. The van der Waals surface area contributed by atoms with Crippen LogP contribution in [0.4, 0.5) is 5.69 Å². The number of fused-ring (bicyclic) bond motifs is 1. The first kappa shape index (κ1) is 22.1. The van der Waals surface area contributed by atoms with Crippen molar-refractivity contribution in [3.05, 3.63) is 64.4 Å². The maximum absolute atomic E-state index is 13.3.